The zero-order valence-electron chi connectivity index (χ0n) is 16.3. The molecule has 5 heterocycles. The van der Waals surface area contributed by atoms with Gasteiger partial charge in [0.05, 0.1) is 30.1 Å². The monoisotopic (exact) mass is 401 g/mol. The Kier molecular flexibility index (Phi) is 4.08. The number of halogens is 1. The molecule has 4 atom stereocenters. The maximum atomic E-state index is 14.1. The van der Waals surface area contributed by atoms with Crippen LogP contribution in [0.5, 0.6) is 0 Å². The van der Waals surface area contributed by atoms with Gasteiger partial charge in [0.15, 0.2) is 0 Å². The molecule has 4 unspecified atom stereocenters. The third kappa shape index (κ3) is 2.58. The summed E-state index contributed by atoms with van der Waals surface area (Å²) >= 11 is 0. The molecule has 4 aliphatic rings. The SMILES string of the molecule is CCN1CC23C=CC(O2)C(C(=O)N2CCC(O)(c4cccnc4F)CC2)C3C1=O. The molecule has 3 fully saturated rings. The van der Waals surface area contributed by atoms with Crippen LogP contribution in [0.15, 0.2) is 30.5 Å². The normalized spacial score (nSPS) is 34.7. The number of pyridine rings is 1. The van der Waals surface area contributed by atoms with Gasteiger partial charge in [0.2, 0.25) is 17.8 Å². The molecule has 0 aliphatic carbocycles. The minimum absolute atomic E-state index is 0.0244. The van der Waals surface area contributed by atoms with Crippen LogP contribution in [-0.4, -0.2) is 69.6 Å². The summed E-state index contributed by atoms with van der Waals surface area (Å²) in [4.78, 5) is 33.3. The van der Waals surface area contributed by atoms with E-state index in [0.717, 1.165) is 0 Å². The summed E-state index contributed by atoms with van der Waals surface area (Å²) < 4.78 is 20.2. The van der Waals surface area contributed by atoms with Crippen molar-refractivity contribution in [3.63, 3.8) is 0 Å². The van der Waals surface area contributed by atoms with E-state index < -0.39 is 29.0 Å². The minimum atomic E-state index is -1.34. The van der Waals surface area contributed by atoms with Crippen molar-refractivity contribution < 1.29 is 23.8 Å². The number of piperidine rings is 1. The zero-order valence-corrected chi connectivity index (χ0v) is 16.3. The van der Waals surface area contributed by atoms with E-state index in [2.05, 4.69) is 4.98 Å². The van der Waals surface area contributed by atoms with Crippen LogP contribution in [0, 0.1) is 17.8 Å². The highest BCUT2D eigenvalue weighted by molar-refractivity contribution is 5.93. The lowest BCUT2D eigenvalue weighted by Crippen LogP contribution is -2.51. The molecule has 5 rings (SSSR count). The van der Waals surface area contributed by atoms with Gasteiger partial charge in [-0.15, -0.1) is 0 Å². The van der Waals surface area contributed by atoms with Gasteiger partial charge in [-0.2, -0.15) is 4.39 Å². The van der Waals surface area contributed by atoms with Gasteiger partial charge in [0.25, 0.3) is 0 Å². The molecule has 2 bridgehead atoms. The van der Waals surface area contributed by atoms with Crippen LogP contribution in [0.2, 0.25) is 0 Å². The van der Waals surface area contributed by atoms with E-state index in [-0.39, 0.29) is 36.3 Å². The van der Waals surface area contributed by atoms with Crippen LogP contribution in [0.4, 0.5) is 4.39 Å². The van der Waals surface area contributed by atoms with Crippen molar-refractivity contribution in [2.75, 3.05) is 26.2 Å². The number of amides is 2. The maximum Gasteiger partial charge on any atom is 0.230 e. The number of aromatic nitrogens is 1. The number of hydrogen-bond acceptors (Lipinski definition) is 5. The smallest absolute Gasteiger partial charge is 0.230 e. The van der Waals surface area contributed by atoms with Crippen LogP contribution in [0.1, 0.15) is 25.3 Å². The Morgan fingerprint density at radius 1 is 1.41 bits per heavy atom. The van der Waals surface area contributed by atoms with Crippen molar-refractivity contribution in [1.82, 2.24) is 14.8 Å². The number of rotatable bonds is 3. The van der Waals surface area contributed by atoms with Gasteiger partial charge in [-0.05, 0) is 25.8 Å². The Morgan fingerprint density at radius 2 is 2.17 bits per heavy atom. The first-order valence-corrected chi connectivity index (χ1v) is 10.2. The molecule has 1 spiro atoms. The van der Waals surface area contributed by atoms with Crippen LogP contribution in [0.3, 0.4) is 0 Å². The fourth-order valence-corrected chi connectivity index (χ4v) is 5.44. The zero-order chi connectivity index (χ0) is 20.4. The van der Waals surface area contributed by atoms with Crippen molar-refractivity contribution in [3.05, 3.63) is 42.0 Å². The van der Waals surface area contributed by atoms with Gasteiger partial charge in [-0.1, -0.05) is 18.2 Å². The van der Waals surface area contributed by atoms with Crippen LogP contribution < -0.4 is 0 Å². The molecule has 8 heteroatoms. The Morgan fingerprint density at radius 3 is 2.86 bits per heavy atom. The molecular formula is C21H24FN3O4. The minimum Gasteiger partial charge on any atom is -0.385 e. The third-order valence-electron chi connectivity index (χ3n) is 7.01. The second-order valence-electron chi connectivity index (χ2n) is 8.45. The van der Waals surface area contributed by atoms with Crippen LogP contribution in [-0.2, 0) is 19.9 Å². The first-order chi connectivity index (χ1) is 13.9. The third-order valence-corrected chi connectivity index (χ3v) is 7.01. The average Bonchev–Trinajstić information content (AvgIpc) is 3.36. The molecule has 0 aromatic carbocycles. The number of hydrogen-bond donors (Lipinski definition) is 1. The number of likely N-dealkylation sites (tertiary alicyclic amines) is 2. The number of nitrogens with zero attached hydrogens (tertiary/aromatic N) is 3. The number of likely N-dealkylation sites (N-methyl/N-ethyl adjacent to an activating group) is 1. The molecule has 29 heavy (non-hydrogen) atoms. The molecule has 1 aromatic heterocycles. The van der Waals surface area contributed by atoms with Crippen LogP contribution >= 0.6 is 0 Å². The van der Waals surface area contributed by atoms with Gasteiger partial charge in [-0.3, -0.25) is 9.59 Å². The quantitative estimate of drug-likeness (QED) is 0.599. The van der Waals surface area contributed by atoms with E-state index in [1.54, 1.807) is 15.9 Å². The molecular weight excluding hydrogens is 377 g/mol. The van der Waals surface area contributed by atoms with E-state index >= 15 is 0 Å². The van der Waals surface area contributed by atoms with Crippen LogP contribution in [0.25, 0.3) is 0 Å². The molecule has 2 amide bonds. The molecule has 0 radical (unpaired) electrons. The molecule has 7 nitrogen and oxygen atoms in total. The fraction of sp³-hybridized carbons (Fsp3) is 0.571. The Hall–Kier alpha value is -2.32. The Labute approximate surface area is 168 Å². The predicted octanol–water partition coefficient (Wildman–Crippen LogP) is 0.833. The van der Waals surface area contributed by atoms with E-state index in [4.69, 9.17) is 4.74 Å². The lowest BCUT2D eigenvalue weighted by atomic mass is 9.76. The van der Waals surface area contributed by atoms with Gasteiger partial charge in [0.1, 0.15) is 5.60 Å². The summed E-state index contributed by atoms with van der Waals surface area (Å²) in [7, 11) is 0. The Balaban J connectivity index is 1.34. The molecule has 0 saturated carbocycles. The second-order valence-corrected chi connectivity index (χ2v) is 8.45. The first kappa shape index (κ1) is 18.7. The molecule has 1 N–H and O–H groups in total. The summed E-state index contributed by atoms with van der Waals surface area (Å²) in [5.41, 5.74) is -1.86. The topological polar surface area (TPSA) is 83.0 Å². The van der Waals surface area contributed by atoms with Gasteiger partial charge in [-0.25, -0.2) is 4.98 Å². The highest BCUT2D eigenvalue weighted by Crippen LogP contribution is 2.52. The number of aliphatic hydroxyl groups is 1. The van der Waals surface area contributed by atoms with Crippen molar-refractivity contribution in [1.29, 1.82) is 0 Å². The number of carbonyl (C=O) groups excluding carboxylic acids is 2. The molecule has 1 aromatic rings. The fourth-order valence-electron chi connectivity index (χ4n) is 5.44. The van der Waals surface area contributed by atoms with Crippen molar-refractivity contribution in [2.45, 2.75) is 37.1 Å². The standard InChI is InChI=1S/C21H24FN3O4/c1-2-24-12-21-6-5-14(29-21)15(16(21)19(24)27)18(26)25-10-7-20(28,8-11-25)13-4-3-9-23-17(13)22/h3-6,9,14-16,28H,2,7-8,10-12H2,1H3. The van der Waals surface area contributed by atoms with Crippen molar-refractivity contribution in [2.24, 2.45) is 11.8 Å². The summed E-state index contributed by atoms with van der Waals surface area (Å²) in [6, 6.07) is 3.13. The second kappa shape index (κ2) is 6.34. The Bertz CT molecular complexity index is 898. The summed E-state index contributed by atoms with van der Waals surface area (Å²) in [5.74, 6) is -1.85. The largest absolute Gasteiger partial charge is 0.385 e. The summed E-state index contributed by atoms with van der Waals surface area (Å²) in [6.45, 7) is 3.59. The van der Waals surface area contributed by atoms with Crippen molar-refractivity contribution >= 4 is 11.8 Å². The molecule has 3 saturated heterocycles. The number of ether oxygens (including phenoxy) is 1. The molecule has 154 valence electrons. The molecule has 4 aliphatic heterocycles. The average molecular weight is 401 g/mol. The number of carbonyl (C=O) groups is 2. The summed E-state index contributed by atoms with van der Waals surface area (Å²) in [5, 5.41) is 10.9. The predicted molar refractivity (Wildman–Crippen MR) is 99.9 cm³/mol. The lowest BCUT2D eigenvalue weighted by molar-refractivity contribution is -0.146. The first-order valence-electron chi connectivity index (χ1n) is 10.2. The van der Waals surface area contributed by atoms with E-state index in [1.807, 2.05) is 19.1 Å². The summed E-state index contributed by atoms with van der Waals surface area (Å²) in [6.07, 6.45) is 5.25. The van der Waals surface area contributed by atoms with Crippen molar-refractivity contribution in [3.8, 4) is 0 Å². The maximum absolute atomic E-state index is 14.1. The van der Waals surface area contributed by atoms with E-state index in [0.29, 0.717) is 26.2 Å². The number of fused-ring (bicyclic) bond motifs is 1. The van der Waals surface area contributed by atoms with E-state index in [1.165, 1.54) is 12.3 Å². The highest BCUT2D eigenvalue weighted by Gasteiger charge is 2.67. The van der Waals surface area contributed by atoms with Gasteiger partial charge >= 0.3 is 0 Å². The van der Waals surface area contributed by atoms with E-state index in [9.17, 15) is 19.1 Å². The lowest BCUT2D eigenvalue weighted by Gasteiger charge is -2.40. The van der Waals surface area contributed by atoms with Gasteiger partial charge < -0.3 is 19.6 Å². The highest BCUT2D eigenvalue weighted by atomic mass is 19.1. The van der Waals surface area contributed by atoms with Gasteiger partial charge in [0, 0.05) is 31.4 Å².